The SMILES string of the molecule is CC(C)C[C@H](NC(=O)c1ccc(-c2ccccc2)[nH]c1=O)C(=O)O. The number of H-pyrrole nitrogens is 1. The van der Waals surface area contributed by atoms with Gasteiger partial charge in [-0.2, -0.15) is 0 Å². The second-order valence-corrected chi connectivity index (χ2v) is 5.97. The van der Waals surface area contributed by atoms with Crippen LogP contribution in [0.4, 0.5) is 0 Å². The van der Waals surface area contributed by atoms with Gasteiger partial charge in [0.15, 0.2) is 0 Å². The molecule has 1 aromatic carbocycles. The molecule has 0 radical (unpaired) electrons. The number of rotatable bonds is 6. The minimum atomic E-state index is -1.12. The van der Waals surface area contributed by atoms with Crippen LogP contribution in [0.1, 0.15) is 30.6 Å². The van der Waals surface area contributed by atoms with E-state index in [9.17, 15) is 19.5 Å². The first kappa shape index (κ1) is 17.5. The van der Waals surface area contributed by atoms with Crippen LogP contribution >= 0.6 is 0 Å². The number of pyridine rings is 1. The van der Waals surface area contributed by atoms with E-state index in [2.05, 4.69) is 10.3 Å². The Morgan fingerprint density at radius 3 is 2.33 bits per heavy atom. The van der Waals surface area contributed by atoms with Gasteiger partial charge < -0.3 is 15.4 Å². The third-order valence-electron chi connectivity index (χ3n) is 3.55. The molecule has 0 fully saturated rings. The van der Waals surface area contributed by atoms with E-state index in [1.54, 1.807) is 6.07 Å². The predicted molar refractivity (Wildman–Crippen MR) is 90.8 cm³/mol. The molecule has 0 aliphatic heterocycles. The summed E-state index contributed by atoms with van der Waals surface area (Å²) < 4.78 is 0. The number of hydrogen-bond donors (Lipinski definition) is 3. The molecule has 126 valence electrons. The lowest BCUT2D eigenvalue weighted by molar-refractivity contribution is -0.139. The molecule has 1 atom stereocenters. The quantitative estimate of drug-likeness (QED) is 0.757. The summed E-state index contributed by atoms with van der Waals surface area (Å²) >= 11 is 0. The van der Waals surface area contributed by atoms with Gasteiger partial charge in [0.25, 0.3) is 11.5 Å². The molecule has 0 unspecified atom stereocenters. The molecule has 24 heavy (non-hydrogen) atoms. The second-order valence-electron chi connectivity index (χ2n) is 5.97. The maximum absolute atomic E-state index is 12.2. The van der Waals surface area contributed by atoms with Crippen LogP contribution in [-0.4, -0.2) is 28.0 Å². The molecule has 0 saturated carbocycles. The highest BCUT2D eigenvalue weighted by molar-refractivity contribution is 5.96. The molecule has 0 bridgehead atoms. The zero-order chi connectivity index (χ0) is 17.7. The lowest BCUT2D eigenvalue weighted by atomic mass is 10.0. The van der Waals surface area contributed by atoms with E-state index in [0.29, 0.717) is 12.1 Å². The monoisotopic (exact) mass is 328 g/mol. The summed E-state index contributed by atoms with van der Waals surface area (Å²) in [4.78, 5) is 38.3. The van der Waals surface area contributed by atoms with Crippen molar-refractivity contribution in [2.24, 2.45) is 5.92 Å². The van der Waals surface area contributed by atoms with E-state index in [0.717, 1.165) is 5.56 Å². The molecule has 2 rings (SSSR count). The molecule has 1 amide bonds. The van der Waals surface area contributed by atoms with Gasteiger partial charge in [0.2, 0.25) is 0 Å². The van der Waals surface area contributed by atoms with Gasteiger partial charge in [0, 0.05) is 5.69 Å². The van der Waals surface area contributed by atoms with Crippen LogP contribution in [0.3, 0.4) is 0 Å². The summed E-state index contributed by atoms with van der Waals surface area (Å²) in [6, 6.07) is 11.3. The van der Waals surface area contributed by atoms with Crippen LogP contribution in [0.5, 0.6) is 0 Å². The average molecular weight is 328 g/mol. The Morgan fingerprint density at radius 1 is 1.12 bits per heavy atom. The van der Waals surface area contributed by atoms with Crippen LogP contribution < -0.4 is 10.9 Å². The van der Waals surface area contributed by atoms with E-state index in [1.807, 2.05) is 44.2 Å². The highest BCUT2D eigenvalue weighted by Crippen LogP contribution is 2.14. The number of aromatic nitrogens is 1. The van der Waals surface area contributed by atoms with Gasteiger partial charge >= 0.3 is 5.97 Å². The Bertz CT molecular complexity index is 781. The Morgan fingerprint density at radius 2 is 1.79 bits per heavy atom. The van der Waals surface area contributed by atoms with E-state index in [1.165, 1.54) is 6.07 Å². The van der Waals surface area contributed by atoms with Gasteiger partial charge in [-0.1, -0.05) is 44.2 Å². The standard InChI is InChI=1S/C18H20N2O4/c1-11(2)10-15(18(23)24)20-17(22)13-8-9-14(19-16(13)21)12-6-4-3-5-7-12/h3-9,11,15H,10H2,1-2H3,(H,19,21)(H,20,22)(H,23,24)/t15-/m0/s1. The Kier molecular flexibility index (Phi) is 5.52. The fourth-order valence-electron chi connectivity index (χ4n) is 2.37. The molecule has 6 heteroatoms. The van der Waals surface area contributed by atoms with Gasteiger partial charge in [-0.3, -0.25) is 9.59 Å². The molecule has 1 heterocycles. The van der Waals surface area contributed by atoms with Gasteiger partial charge in [0.05, 0.1) is 0 Å². The number of amides is 1. The summed E-state index contributed by atoms with van der Waals surface area (Å²) in [5.41, 5.74) is 0.756. The van der Waals surface area contributed by atoms with Crippen molar-refractivity contribution in [1.29, 1.82) is 0 Å². The molecule has 3 N–H and O–H groups in total. The number of carboxylic acids is 1. The number of aliphatic carboxylic acids is 1. The van der Waals surface area contributed by atoms with Crippen molar-refractivity contribution in [3.05, 3.63) is 58.4 Å². The largest absolute Gasteiger partial charge is 0.480 e. The zero-order valence-corrected chi connectivity index (χ0v) is 13.6. The lowest BCUT2D eigenvalue weighted by Crippen LogP contribution is -2.43. The zero-order valence-electron chi connectivity index (χ0n) is 13.6. The first-order chi connectivity index (χ1) is 11.4. The van der Waals surface area contributed by atoms with Crippen molar-refractivity contribution in [3.63, 3.8) is 0 Å². The van der Waals surface area contributed by atoms with Crippen molar-refractivity contribution < 1.29 is 14.7 Å². The fourth-order valence-corrected chi connectivity index (χ4v) is 2.37. The van der Waals surface area contributed by atoms with Crippen LogP contribution in [0.15, 0.2) is 47.3 Å². The average Bonchev–Trinajstić information content (AvgIpc) is 2.54. The van der Waals surface area contributed by atoms with Gasteiger partial charge in [-0.15, -0.1) is 0 Å². The number of carbonyl (C=O) groups excluding carboxylic acids is 1. The third-order valence-corrected chi connectivity index (χ3v) is 3.55. The number of carbonyl (C=O) groups is 2. The maximum Gasteiger partial charge on any atom is 0.326 e. The molecule has 0 aliphatic rings. The van der Waals surface area contributed by atoms with Crippen LogP contribution in [-0.2, 0) is 4.79 Å². The van der Waals surface area contributed by atoms with Crippen molar-refractivity contribution in [2.75, 3.05) is 0 Å². The highest BCUT2D eigenvalue weighted by atomic mass is 16.4. The summed E-state index contributed by atoms with van der Waals surface area (Å²) in [5.74, 6) is -1.71. The summed E-state index contributed by atoms with van der Waals surface area (Å²) in [7, 11) is 0. The van der Waals surface area contributed by atoms with Crippen molar-refractivity contribution in [1.82, 2.24) is 10.3 Å². The first-order valence-electron chi connectivity index (χ1n) is 7.71. The normalized spacial score (nSPS) is 12.0. The fraction of sp³-hybridized carbons (Fsp3) is 0.278. The first-order valence-corrected chi connectivity index (χ1v) is 7.71. The topological polar surface area (TPSA) is 99.3 Å². The Labute approximate surface area is 139 Å². The number of hydrogen-bond acceptors (Lipinski definition) is 3. The number of aromatic amines is 1. The minimum Gasteiger partial charge on any atom is -0.480 e. The number of nitrogens with one attached hydrogen (secondary N) is 2. The van der Waals surface area contributed by atoms with Crippen molar-refractivity contribution >= 4 is 11.9 Å². The molecule has 2 aromatic rings. The third kappa shape index (κ3) is 4.32. The van der Waals surface area contributed by atoms with E-state index in [4.69, 9.17) is 0 Å². The molecule has 0 saturated heterocycles. The smallest absolute Gasteiger partial charge is 0.326 e. The van der Waals surface area contributed by atoms with Crippen LogP contribution in [0.25, 0.3) is 11.3 Å². The van der Waals surface area contributed by atoms with Crippen molar-refractivity contribution in [3.8, 4) is 11.3 Å². The van der Waals surface area contributed by atoms with Gasteiger partial charge in [-0.05, 0) is 30.0 Å². The van der Waals surface area contributed by atoms with Gasteiger partial charge in [-0.25, -0.2) is 4.79 Å². The summed E-state index contributed by atoms with van der Waals surface area (Å²) in [6.45, 7) is 3.73. The molecule has 0 aliphatic carbocycles. The van der Waals surface area contributed by atoms with Crippen LogP contribution in [0, 0.1) is 5.92 Å². The Hall–Kier alpha value is -2.89. The van der Waals surface area contributed by atoms with Crippen molar-refractivity contribution in [2.45, 2.75) is 26.3 Å². The highest BCUT2D eigenvalue weighted by Gasteiger charge is 2.23. The molecular formula is C18H20N2O4. The summed E-state index contributed by atoms with van der Waals surface area (Å²) in [5, 5.41) is 11.6. The predicted octanol–water partition coefficient (Wildman–Crippen LogP) is 2.27. The number of benzene rings is 1. The van der Waals surface area contributed by atoms with Gasteiger partial charge in [0.1, 0.15) is 11.6 Å². The van der Waals surface area contributed by atoms with E-state index >= 15 is 0 Å². The second kappa shape index (κ2) is 7.59. The molecule has 6 nitrogen and oxygen atoms in total. The summed E-state index contributed by atoms with van der Waals surface area (Å²) in [6.07, 6.45) is 0.293. The van der Waals surface area contributed by atoms with E-state index < -0.39 is 23.5 Å². The maximum atomic E-state index is 12.2. The number of carboxylic acid groups (broad SMARTS) is 1. The van der Waals surface area contributed by atoms with E-state index in [-0.39, 0.29) is 11.5 Å². The minimum absolute atomic E-state index is 0.102. The molecule has 1 aromatic heterocycles. The lowest BCUT2D eigenvalue weighted by Gasteiger charge is -2.16. The molecule has 0 spiro atoms. The van der Waals surface area contributed by atoms with Crippen LogP contribution in [0.2, 0.25) is 0 Å². The molecular weight excluding hydrogens is 308 g/mol. The Balaban J connectivity index is 2.21.